The molecule has 0 unspecified atom stereocenters. The molecule has 5 rings (SSSR count). The maximum absolute atomic E-state index is 13.9. The molecule has 1 heterocycles. The number of hydrogen-bond acceptors (Lipinski definition) is 5. The number of aliphatic hydroxyl groups is 1. The molecule has 0 fully saturated rings. The van der Waals surface area contributed by atoms with Crippen LogP contribution >= 0.6 is 0 Å². The third-order valence-electron chi connectivity index (χ3n) is 7.10. The first-order valence-electron chi connectivity index (χ1n) is 13.3. The van der Waals surface area contributed by atoms with Gasteiger partial charge in [-0.1, -0.05) is 53.7 Å². The molecule has 0 saturated carbocycles. The Morgan fingerprint density at radius 2 is 1.51 bits per heavy atom. The lowest BCUT2D eigenvalue weighted by atomic mass is 10.0. The van der Waals surface area contributed by atoms with Crippen molar-refractivity contribution in [2.24, 2.45) is 10.9 Å². The van der Waals surface area contributed by atoms with Crippen LogP contribution in [-0.2, 0) is 19.3 Å². The van der Waals surface area contributed by atoms with Crippen molar-refractivity contribution in [3.8, 4) is 39.7 Å². The van der Waals surface area contributed by atoms with Crippen LogP contribution in [0.1, 0.15) is 27.8 Å². The van der Waals surface area contributed by atoms with E-state index in [0.29, 0.717) is 45.2 Å². The summed E-state index contributed by atoms with van der Waals surface area (Å²) in [5.74, 6) is 0.958. The number of aryl methyl sites for hydroxylation is 1. The molecule has 1 aromatic heterocycles. The number of imidazole rings is 1. The van der Waals surface area contributed by atoms with Gasteiger partial charge in [-0.15, -0.1) is 0 Å². The number of benzene rings is 4. The van der Waals surface area contributed by atoms with E-state index in [9.17, 15) is 18.3 Å². The van der Waals surface area contributed by atoms with Gasteiger partial charge in [0.25, 0.3) is 0 Å². The number of nitrogens with zero attached hydrogens (tertiary/aromatic N) is 3. The molecular formula is C33H29F3N4O3. The van der Waals surface area contributed by atoms with Crippen LogP contribution in [-0.4, -0.2) is 32.8 Å². The SMILES string of the molecule is COc1ccc(-c2c(-c3ccc(CO)cc3)nc(-c3cc(C)cc(C(F)(F)F)c3)n2Cc2ccc(/C(N)=N/O)cc2)cc1. The summed E-state index contributed by atoms with van der Waals surface area (Å²) in [6.07, 6.45) is -4.54. The maximum atomic E-state index is 13.9. The molecule has 10 heteroatoms. The summed E-state index contributed by atoms with van der Waals surface area (Å²) < 4.78 is 49.0. The maximum Gasteiger partial charge on any atom is 0.416 e. The lowest BCUT2D eigenvalue weighted by Crippen LogP contribution is -2.13. The van der Waals surface area contributed by atoms with E-state index >= 15 is 0 Å². The molecular weight excluding hydrogens is 557 g/mol. The summed E-state index contributed by atoms with van der Waals surface area (Å²) in [6, 6.07) is 25.5. The van der Waals surface area contributed by atoms with E-state index in [1.807, 2.05) is 53.1 Å². The minimum Gasteiger partial charge on any atom is -0.497 e. The van der Waals surface area contributed by atoms with Crippen LogP contribution in [0.2, 0.25) is 0 Å². The summed E-state index contributed by atoms with van der Waals surface area (Å²) in [7, 11) is 1.57. The van der Waals surface area contributed by atoms with Crippen molar-refractivity contribution in [1.29, 1.82) is 0 Å². The molecule has 0 aliphatic carbocycles. The van der Waals surface area contributed by atoms with E-state index in [1.165, 1.54) is 0 Å². The van der Waals surface area contributed by atoms with Crippen LogP contribution in [0.25, 0.3) is 33.9 Å². The molecule has 0 atom stereocenters. The lowest BCUT2D eigenvalue weighted by molar-refractivity contribution is -0.137. The van der Waals surface area contributed by atoms with Crippen LogP contribution in [0, 0.1) is 6.92 Å². The minimum atomic E-state index is -4.54. The molecule has 7 nitrogen and oxygen atoms in total. The first kappa shape index (κ1) is 29.4. The molecule has 0 aliphatic rings. The zero-order valence-electron chi connectivity index (χ0n) is 23.4. The summed E-state index contributed by atoms with van der Waals surface area (Å²) >= 11 is 0. The fourth-order valence-electron chi connectivity index (χ4n) is 4.94. The predicted octanol–water partition coefficient (Wildman–Crippen LogP) is 6.86. The molecule has 0 amide bonds. The number of oxime groups is 1. The van der Waals surface area contributed by atoms with E-state index in [0.717, 1.165) is 28.8 Å². The fraction of sp³-hybridized carbons (Fsp3) is 0.152. The molecule has 0 aliphatic heterocycles. The second-order valence-electron chi connectivity index (χ2n) is 10.1. The molecule has 4 N–H and O–H groups in total. The molecule has 220 valence electrons. The largest absolute Gasteiger partial charge is 0.497 e. The van der Waals surface area contributed by atoms with Gasteiger partial charge in [0.2, 0.25) is 0 Å². The van der Waals surface area contributed by atoms with Crippen molar-refractivity contribution in [2.45, 2.75) is 26.3 Å². The van der Waals surface area contributed by atoms with Gasteiger partial charge in [0, 0.05) is 28.8 Å². The van der Waals surface area contributed by atoms with Crippen molar-refractivity contribution < 1.29 is 28.2 Å². The summed E-state index contributed by atoms with van der Waals surface area (Å²) in [5.41, 5.74) is 10.5. The van der Waals surface area contributed by atoms with Crippen LogP contribution in [0.5, 0.6) is 5.75 Å². The molecule has 0 saturated heterocycles. The van der Waals surface area contributed by atoms with E-state index < -0.39 is 11.7 Å². The number of alkyl halides is 3. The Kier molecular flexibility index (Phi) is 8.22. The normalized spacial score (nSPS) is 12.0. The monoisotopic (exact) mass is 586 g/mol. The van der Waals surface area contributed by atoms with E-state index in [4.69, 9.17) is 20.7 Å². The Hall–Kier alpha value is -5.09. The van der Waals surface area contributed by atoms with Crippen LogP contribution in [0.4, 0.5) is 13.2 Å². The average Bonchev–Trinajstić information content (AvgIpc) is 3.39. The van der Waals surface area contributed by atoms with Crippen molar-refractivity contribution in [3.05, 3.63) is 119 Å². The standard InChI is InChI=1S/C33H29F3N4O3/c1-20-15-26(17-27(16-20)33(34,35)36)32-38-29(23-7-5-22(19-41)6-8-23)30(24-11-13-28(43-2)14-12-24)40(32)18-21-3-9-25(10-4-21)31(37)39-42/h3-17,41-42H,18-19H2,1-2H3,(H2,37,39). The van der Waals surface area contributed by atoms with Gasteiger partial charge in [-0.05, 0) is 66.1 Å². The average molecular weight is 587 g/mol. The van der Waals surface area contributed by atoms with E-state index in [2.05, 4.69) is 5.16 Å². The zero-order valence-corrected chi connectivity index (χ0v) is 23.4. The van der Waals surface area contributed by atoms with Gasteiger partial charge in [0.1, 0.15) is 11.6 Å². The molecule has 0 bridgehead atoms. The Morgan fingerprint density at radius 1 is 0.884 bits per heavy atom. The number of halogens is 3. The molecule has 0 spiro atoms. The number of ether oxygens (including phenoxy) is 1. The Labute approximate surface area is 246 Å². The number of hydrogen-bond donors (Lipinski definition) is 3. The summed E-state index contributed by atoms with van der Waals surface area (Å²) in [6.45, 7) is 1.75. The van der Waals surface area contributed by atoms with Gasteiger partial charge >= 0.3 is 6.18 Å². The summed E-state index contributed by atoms with van der Waals surface area (Å²) in [5, 5.41) is 21.7. The second-order valence-corrected chi connectivity index (χ2v) is 10.1. The first-order valence-corrected chi connectivity index (χ1v) is 13.3. The second kappa shape index (κ2) is 12.0. The van der Waals surface area contributed by atoms with Gasteiger partial charge in [-0.3, -0.25) is 0 Å². The highest BCUT2D eigenvalue weighted by molar-refractivity contribution is 5.97. The predicted molar refractivity (Wildman–Crippen MR) is 159 cm³/mol. The Morgan fingerprint density at radius 3 is 2.09 bits per heavy atom. The van der Waals surface area contributed by atoms with Crippen LogP contribution < -0.4 is 10.5 Å². The van der Waals surface area contributed by atoms with Crippen molar-refractivity contribution in [3.63, 3.8) is 0 Å². The van der Waals surface area contributed by atoms with Gasteiger partial charge in [-0.2, -0.15) is 13.2 Å². The number of aliphatic hydroxyl groups excluding tert-OH is 1. The lowest BCUT2D eigenvalue weighted by Gasteiger charge is -2.16. The highest BCUT2D eigenvalue weighted by atomic mass is 19.4. The van der Waals surface area contributed by atoms with Crippen LogP contribution in [0.3, 0.4) is 0 Å². The quantitative estimate of drug-likeness (QED) is 0.0798. The van der Waals surface area contributed by atoms with Gasteiger partial charge < -0.3 is 25.4 Å². The Bertz CT molecular complexity index is 1760. The zero-order chi connectivity index (χ0) is 30.7. The van der Waals surface area contributed by atoms with Crippen molar-refractivity contribution in [2.75, 3.05) is 7.11 Å². The molecule has 5 aromatic rings. The molecule has 0 radical (unpaired) electrons. The van der Waals surface area contributed by atoms with Gasteiger partial charge in [0.15, 0.2) is 5.84 Å². The van der Waals surface area contributed by atoms with E-state index in [-0.39, 0.29) is 19.0 Å². The highest BCUT2D eigenvalue weighted by Crippen LogP contribution is 2.39. The van der Waals surface area contributed by atoms with Crippen molar-refractivity contribution in [1.82, 2.24) is 9.55 Å². The topological polar surface area (TPSA) is 106 Å². The first-order chi connectivity index (χ1) is 20.6. The number of aromatic nitrogens is 2. The third-order valence-corrected chi connectivity index (χ3v) is 7.10. The minimum absolute atomic E-state index is 0.0400. The molecule has 43 heavy (non-hydrogen) atoms. The number of amidine groups is 1. The number of rotatable bonds is 8. The van der Waals surface area contributed by atoms with Gasteiger partial charge in [-0.25, -0.2) is 4.98 Å². The third kappa shape index (κ3) is 6.24. The van der Waals surface area contributed by atoms with Crippen LogP contribution in [0.15, 0.2) is 96.2 Å². The van der Waals surface area contributed by atoms with E-state index in [1.54, 1.807) is 44.4 Å². The highest BCUT2D eigenvalue weighted by Gasteiger charge is 2.32. The van der Waals surface area contributed by atoms with Crippen molar-refractivity contribution >= 4 is 5.84 Å². The fourth-order valence-corrected chi connectivity index (χ4v) is 4.94. The number of methoxy groups -OCH3 is 1. The smallest absolute Gasteiger partial charge is 0.416 e. The number of nitrogens with two attached hydrogens (primary N) is 1. The summed E-state index contributed by atoms with van der Waals surface area (Å²) in [4.78, 5) is 4.97. The Balaban J connectivity index is 1.79. The molecule has 4 aromatic carbocycles. The van der Waals surface area contributed by atoms with Gasteiger partial charge in [0.05, 0.1) is 30.7 Å².